The standard InChI is InChI=1S/C28H42S2/c1-5-7-9-11-13-15-17-23-24(18-16-14-12-10-8-6-2)26-20-22(4)30-28(26)27-25(23)19-21(3)29-27/h19-20H,5-18H2,1-4H3. The van der Waals surface area contributed by atoms with Gasteiger partial charge in [-0.05, 0) is 73.6 Å². The first-order valence-electron chi connectivity index (χ1n) is 12.6. The maximum absolute atomic E-state index is 2.49. The molecule has 0 aliphatic rings. The van der Waals surface area contributed by atoms with Crippen molar-refractivity contribution in [2.45, 2.75) is 118 Å². The van der Waals surface area contributed by atoms with Gasteiger partial charge in [0.1, 0.15) is 0 Å². The molecule has 0 bridgehead atoms. The lowest BCUT2D eigenvalue weighted by Gasteiger charge is -2.14. The molecular weight excluding hydrogens is 400 g/mol. The second-order valence-corrected chi connectivity index (χ2v) is 11.7. The lowest BCUT2D eigenvalue weighted by atomic mass is 9.91. The van der Waals surface area contributed by atoms with Crippen LogP contribution in [0.15, 0.2) is 12.1 Å². The molecule has 166 valence electrons. The summed E-state index contributed by atoms with van der Waals surface area (Å²) in [6.07, 6.45) is 19.2. The molecule has 0 radical (unpaired) electrons. The van der Waals surface area contributed by atoms with E-state index in [1.165, 1.54) is 99.6 Å². The van der Waals surface area contributed by atoms with Crippen molar-refractivity contribution in [3.05, 3.63) is 33.0 Å². The Hall–Kier alpha value is -0.860. The van der Waals surface area contributed by atoms with Crippen molar-refractivity contribution < 1.29 is 0 Å². The third-order valence-electron chi connectivity index (χ3n) is 6.49. The molecule has 0 spiro atoms. The van der Waals surface area contributed by atoms with Crippen LogP contribution >= 0.6 is 22.7 Å². The summed E-state index contributed by atoms with van der Waals surface area (Å²) >= 11 is 4.03. The van der Waals surface area contributed by atoms with Gasteiger partial charge in [0.05, 0.1) is 9.40 Å². The molecule has 0 atom stereocenters. The van der Waals surface area contributed by atoms with Gasteiger partial charge in [0, 0.05) is 9.75 Å². The van der Waals surface area contributed by atoms with Crippen molar-refractivity contribution in [1.29, 1.82) is 0 Å². The fourth-order valence-electron chi connectivity index (χ4n) is 4.87. The highest BCUT2D eigenvalue weighted by Gasteiger charge is 2.18. The molecule has 0 saturated carbocycles. The molecule has 0 amide bonds. The van der Waals surface area contributed by atoms with Crippen molar-refractivity contribution in [3.8, 4) is 0 Å². The molecule has 30 heavy (non-hydrogen) atoms. The summed E-state index contributed by atoms with van der Waals surface area (Å²) in [6.45, 7) is 9.20. The van der Waals surface area contributed by atoms with Crippen molar-refractivity contribution in [2.75, 3.05) is 0 Å². The number of hydrogen-bond acceptors (Lipinski definition) is 2. The molecule has 0 fully saturated rings. The predicted molar refractivity (Wildman–Crippen MR) is 141 cm³/mol. The van der Waals surface area contributed by atoms with Crippen LogP contribution < -0.4 is 0 Å². The monoisotopic (exact) mass is 442 g/mol. The first-order valence-corrected chi connectivity index (χ1v) is 14.2. The topological polar surface area (TPSA) is 0 Å². The highest BCUT2D eigenvalue weighted by Crippen LogP contribution is 2.43. The zero-order chi connectivity index (χ0) is 21.3. The molecule has 2 aromatic heterocycles. The number of thiophene rings is 2. The normalized spacial score (nSPS) is 11.9. The Morgan fingerprint density at radius 1 is 0.533 bits per heavy atom. The fraction of sp³-hybridized carbons (Fsp3) is 0.643. The van der Waals surface area contributed by atoms with Crippen LogP contribution in [0, 0.1) is 13.8 Å². The number of hydrogen-bond donors (Lipinski definition) is 0. The third kappa shape index (κ3) is 6.10. The van der Waals surface area contributed by atoms with Gasteiger partial charge in [-0.25, -0.2) is 0 Å². The largest absolute Gasteiger partial charge is 0.139 e. The lowest BCUT2D eigenvalue weighted by Crippen LogP contribution is -1.98. The second-order valence-electron chi connectivity index (χ2n) is 9.19. The van der Waals surface area contributed by atoms with Crippen molar-refractivity contribution >= 4 is 42.8 Å². The summed E-state index contributed by atoms with van der Waals surface area (Å²) in [7, 11) is 0. The van der Waals surface area contributed by atoms with Gasteiger partial charge in [-0.1, -0.05) is 78.1 Å². The van der Waals surface area contributed by atoms with Gasteiger partial charge in [-0.15, -0.1) is 22.7 Å². The minimum Gasteiger partial charge on any atom is -0.139 e. The minimum atomic E-state index is 1.27. The van der Waals surface area contributed by atoms with E-state index >= 15 is 0 Å². The first kappa shape index (κ1) is 23.8. The van der Waals surface area contributed by atoms with E-state index in [9.17, 15) is 0 Å². The summed E-state index contributed by atoms with van der Waals surface area (Å²) in [5.74, 6) is 0. The van der Waals surface area contributed by atoms with E-state index in [2.05, 4.69) is 39.8 Å². The molecule has 2 heterocycles. The first-order chi connectivity index (χ1) is 14.7. The number of benzene rings is 1. The van der Waals surface area contributed by atoms with Crippen LogP contribution in [0.25, 0.3) is 20.2 Å². The van der Waals surface area contributed by atoms with E-state index < -0.39 is 0 Å². The van der Waals surface area contributed by atoms with Crippen molar-refractivity contribution in [1.82, 2.24) is 0 Å². The van der Waals surface area contributed by atoms with Crippen LogP contribution in [0.5, 0.6) is 0 Å². The van der Waals surface area contributed by atoms with Crippen LogP contribution in [-0.2, 0) is 12.8 Å². The van der Waals surface area contributed by atoms with Gasteiger partial charge in [0.25, 0.3) is 0 Å². The SMILES string of the molecule is CCCCCCCCc1c(CCCCCCCC)c2cc(C)sc2c2sc(C)cc12. The quantitative estimate of drug-likeness (QED) is 0.218. The van der Waals surface area contributed by atoms with Crippen LogP contribution in [0.4, 0.5) is 0 Å². The minimum absolute atomic E-state index is 1.27. The number of fused-ring (bicyclic) bond motifs is 3. The molecule has 2 heteroatoms. The zero-order valence-electron chi connectivity index (χ0n) is 19.9. The van der Waals surface area contributed by atoms with Crippen molar-refractivity contribution in [3.63, 3.8) is 0 Å². The van der Waals surface area contributed by atoms with Gasteiger partial charge in [-0.3, -0.25) is 0 Å². The predicted octanol–water partition coefficient (Wildman–Crippen LogP) is 10.5. The Bertz CT molecular complexity index is 836. The summed E-state index contributed by atoms with van der Waals surface area (Å²) < 4.78 is 3.13. The van der Waals surface area contributed by atoms with Crippen LogP contribution in [0.1, 0.15) is 112 Å². The van der Waals surface area contributed by atoms with E-state index in [4.69, 9.17) is 0 Å². The van der Waals surface area contributed by atoms with Crippen LogP contribution in [-0.4, -0.2) is 0 Å². The Morgan fingerprint density at radius 2 is 0.900 bits per heavy atom. The van der Waals surface area contributed by atoms with E-state index in [1.807, 2.05) is 22.7 Å². The van der Waals surface area contributed by atoms with Gasteiger partial charge in [-0.2, -0.15) is 0 Å². The lowest BCUT2D eigenvalue weighted by molar-refractivity contribution is 0.600. The van der Waals surface area contributed by atoms with E-state index in [0.717, 1.165) is 0 Å². The van der Waals surface area contributed by atoms with E-state index in [-0.39, 0.29) is 0 Å². The van der Waals surface area contributed by atoms with Crippen LogP contribution in [0.3, 0.4) is 0 Å². The summed E-state index contributed by atoms with van der Waals surface area (Å²) in [5.41, 5.74) is 3.40. The van der Waals surface area contributed by atoms with Crippen molar-refractivity contribution in [2.24, 2.45) is 0 Å². The van der Waals surface area contributed by atoms with Gasteiger partial charge < -0.3 is 0 Å². The zero-order valence-corrected chi connectivity index (χ0v) is 21.5. The molecule has 3 aromatic rings. The molecular formula is C28H42S2. The van der Waals surface area contributed by atoms with Gasteiger partial charge >= 0.3 is 0 Å². The molecule has 0 nitrogen and oxygen atoms in total. The molecule has 0 aliphatic heterocycles. The Labute approximate surface area is 193 Å². The average Bonchev–Trinajstić information content (AvgIpc) is 3.30. The third-order valence-corrected chi connectivity index (χ3v) is 8.76. The highest BCUT2D eigenvalue weighted by atomic mass is 32.1. The Morgan fingerprint density at radius 3 is 1.30 bits per heavy atom. The maximum atomic E-state index is 2.49. The molecule has 3 rings (SSSR count). The van der Waals surface area contributed by atoms with Crippen LogP contribution in [0.2, 0.25) is 0 Å². The molecule has 1 aromatic carbocycles. The van der Waals surface area contributed by atoms with E-state index in [1.54, 1.807) is 31.3 Å². The molecule has 0 aliphatic carbocycles. The number of aryl methyl sites for hydroxylation is 4. The molecule has 0 saturated heterocycles. The number of rotatable bonds is 14. The summed E-state index contributed by atoms with van der Waals surface area (Å²) in [5, 5.41) is 3.17. The Kier molecular flexibility index (Phi) is 9.71. The van der Waals surface area contributed by atoms with Gasteiger partial charge in [0.2, 0.25) is 0 Å². The average molecular weight is 443 g/mol. The Balaban J connectivity index is 1.83. The molecule has 0 N–H and O–H groups in total. The smallest absolute Gasteiger partial charge is 0.0526 e. The van der Waals surface area contributed by atoms with Gasteiger partial charge in [0.15, 0.2) is 0 Å². The maximum Gasteiger partial charge on any atom is 0.0526 e. The summed E-state index contributed by atoms with van der Waals surface area (Å²) in [6, 6.07) is 4.98. The van der Waals surface area contributed by atoms with E-state index in [0.29, 0.717) is 0 Å². The fourth-order valence-corrected chi connectivity index (χ4v) is 7.11. The second kappa shape index (κ2) is 12.2. The number of unbranched alkanes of at least 4 members (excludes halogenated alkanes) is 10. The molecule has 0 unspecified atom stereocenters. The highest BCUT2D eigenvalue weighted by molar-refractivity contribution is 7.27. The summed E-state index contributed by atoms with van der Waals surface area (Å²) in [4.78, 5) is 2.94.